The van der Waals surface area contributed by atoms with E-state index in [1.54, 1.807) is 0 Å². The largest absolute Gasteiger partial charge is 0.484 e. The van der Waals surface area contributed by atoms with Crippen molar-refractivity contribution in [2.75, 3.05) is 6.54 Å². The lowest BCUT2D eigenvalue weighted by molar-refractivity contribution is 0.267. The number of halogens is 1. The standard InChI is InChI=1S/C17H22ClNO2/c1-4-7-19-10-14-9-15(21-13(14)3)11-20-17-6-5-12(2)8-16(17)18/h5-6,8-9,19H,4,7,10-11H2,1-3H3. The van der Waals surface area contributed by atoms with Crippen LogP contribution in [0.25, 0.3) is 0 Å². The average molecular weight is 308 g/mol. The van der Waals surface area contributed by atoms with E-state index >= 15 is 0 Å². The summed E-state index contributed by atoms with van der Waals surface area (Å²) in [7, 11) is 0. The van der Waals surface area contributed by atoms with E-state index in [2.05, 4.69) is 12.2 Å². The molecule has 0 saturated heterocycles. The van der Waals surface area contributed by atoms with Gasteiger partial charge in [0.05, 0.1) is 5.02 Å². The van der Waals surface area contributed by atoms with Crippen LogP contribution in [0.3, 0.4) is 0 Å². The molecule has 0 spiro atoms. The van der Waals surface area contributed by atoms with Crippen LogP contribution in [0.2, 0.25) is 5.02 Å². The van der Waals surface area contributed by atoms with Crippen LogP contribution in [0, 0.1) is 13.8 Å². The van der Waals surface area contributed by atoms with Crippen LogP contribution < -0.4 is 10.1 Å². The third-order valence-electron chi connectivity index (χ3n) is 3.27. The van der Waals surface area contributed by atoms with Crippen molar-refractivity contribution < 1.29 is 9.15 Å². The van der Waals surface area contributed by atoms with Gasteiger partial charge in [0.15, 0.2) is 0 Å². The smallest absolute Gasteiger partial charge is 0.146 e. The van der Waals surface area contributed by atoms with Crippen molar-refractivity contribution in [3.8, 4) is 5.75 Å². The zero-order valence-electron chi connectivity index (χ0n) is 12.8. The molecule has 3 nitrogen and oxygen atoms in total. The fourth-order valence-electron chi connectivity index (χ4n) is 2.11. The molecule has 0 aliphatic carbocycles. The van der Waals surface area contributed by atoms with Crippen LogP contribution in [-0.2, 0) is 13.2 Å². The highest BCUT2D eigenvalue weighted by Gasteiger charge is 2.09. The van der Waals surface area contributed by atoms with Gasteiger partial charge in [-0.2, -0.15) is 0 Å². The molecule has 0 fully saturated rings. The lowest BCUT2D eigenvalue weighted by Gasteiger charge is -2.06. The third-order valence-corrected chi connectivity index (χ3v) is 3.57. The maximum Gasteiger partial charge on any atom is 0.146 e. The van der Waals surface area contributed by atoms with Gasteiger partial charge < -0.3 is 14.5 Å². The van der Waals surface area contributed by atoms with Crippen molar-refractivity contribution in [2.45, 2.75) is 40.3 Å². The normalized spacial score (nSPS) is 10.9. The molecule has 0 aliphatic heterocycles. The Labute approximate surface area is 131 Å². The van der Waals surface area contributed by atoms with Gasteiger partial charge >= 0.3 is 0 Å². The van der Waals surface area contributed by atoms with Crippen molar-refractivity contribution in [3.63, 3.8) is 0 Å². The number of hydrogen-bond acceptors (Lipinski definition) is 3. The summed E-state index contributed by atoms with van der Waals surface area (Å²) in [4.78, 5) is 0. The molecule has 0 atom stereocenters. The van der Waals surface area contributed by atoms with Crippen LogP contribution >= 0.6 is 11.6 Å². The Bertz CT molecular complexity index is 592. The number of benzene rings is 1. The highest BCUT2D eigenvalue weighted by molar-refractivity contribution is 6.32. The van der Waals surface area contributed by atoms with Crippen molar-refractivity contribution >= 4 is 11.6 Å². The summed E-state index contributed by atoms with van der Waals surface area (Å²) >= 11 is 6.15. The molecule has 0 saturated carbocycles. The van der Waals surface area contributed by atoms with Crippen LogP contribution in [0.5, 0.6) is 5.75 Å². The zero-order chi connectivity index (χ0) is 15.2. The van der Waals surface area contributed by atoms with Gasteiger partial charge in [0.1, 0.15) is 23.9 Å². The maximum absolute atomic E-state index is 6.15. The second-order valence-electron chi connectivity index (χ2n) is 5.19. The summed E-state index contributed by atoms with van der Waals surface area (Å²) in [5.41, 5.74) is 2.29. The third kappa shape index (κ3) is 4.51. The fourth-order valence-corrected chi connectivity index (χ4v) is 2.40. The van der Waals surface area contributed by atoms with Gasteiger partial charge in [-0.05, 0) is 50.6 Å². The fraction of sp³-hybridized carbons (Fsp3) is 0.412. The summed E-state index contributed by atoms with van der Waals surface area (Å²) < 4.78 is 11.4. The first-order valence-electron chi connectivity index (χ1n) is 7.28. The molecule has 1 N–H and O–H groups in total. The topological polar surface area (TPSA) is 34.4 Å². The molecule has 0 aliphatic rings. The average Bonchev–Trinajstić information content (AvgIpc) is 2.79. The molecule has 0 amide bonds. The van der Waals surface area contributed by atoms with Gasteiger partial charge in [-0.1, -0.05) is 24.6 Å². The van der Waals surface area contributed by atoms with Crippen molar-refractivity contribution in [1.82, 2.24) is 5.32 Å². The SMILES string of the molecule is CCCNCc1cc(COc2ccc(C)cc2Cl)oc1C. The van der Waals surface area contributed by atoms with E-state index in [1.807, 2.05) is 38.1 Å². The van der Waals surface area contributed by atoms with Crippen LogP contribution in [0.1, 0.15) is 36.0 Å². The second kappa shape index (κ2) is 7.53. The van der Waals surface area contributed by atoms with Gasteiger partial charge in [0, 0.05) is 12.1 Å². The van der Waals surface area contributed by atoms with Gasteiger partial charge in [-0.25, -0.2) is 0 Å². The Morgan fingerprint density at radius 1 is 1.24 bits per heavy atom. The Kier molecular flexibility index (Phi) is 5.71. The molecular weight excluding hydrogens is 286 g/mol. The van der Waals surface area contributed by atoms with Gasteiger partial charge in [0.2, 0.25) is 0 Å². The van der Waals surface area contributed by atoms with Crippen LogP contribution in [0.15, 0.2) is 28.7 Å². The molecule has 0 radical (unpaired) electrons. The summed E-state index contributed by atoms with van der Waals surface area (Å²) in [6.45, 7) is 8.35. The van der Waals surface area contributed by atoms with E-state index in [0.717, 1.165) is 36.6 Å². The minimum atomic E-state index is 0.386. The first-order chi connectivity index (χ1) is 10.1. The molecule has 0 bridgehead atoms. The van der Waals surface area contributed by atoms with Crippen molar-refractivity contribution in [3.05, 3.63) is 51.9 Å². The predicted octanol–water partition coefficient (Wildman–Crippen LogP) is 4.63. The molecule has 21 heavy (non-hydrogen) atoms. The molecule has 1 aromatic carbocycles. The molecular formula is C17H22ClNO2. The number of hydrogen-bond donors (Lipinski definition) is 1. The minimum Gasteiger partial charge on any atom is -0.484 e. The Morgan fingerprint density at radius 3 is 2.76 bits per heavy atom. The van der Waals surface area contributed by atoms with Gasteiger partial charge in [-0.3, -0.25) is 0 Å². The number of rotatable bonds is 7. The van der Waals surface area contributed by atoms with Crippen molar-refractivity contribution in [1.29, 1.82) is 0 Å². The predicted molar refractivity (Wildman–Crippen MR) is 86.0 cm³/mol. The first-order valence-corrected chi connectivity index (χ1v) is 7.65. The number of nitrogens with one attached hydrogen (secondary N) is 1. The summed E-state index contributed by atoms with van der Waals surface area (Å²) in [5, 5.41) is 4.00. The summed E-state index contributed by atoms with van der Waals surface area (Å²) in [6, 6.07) is 7.80. The molecule has 1 heterocycles. The van der Waals surface area contributed by atoms with Crippen molar-refractivity contribution in [2.24, 2.45) is 0 Å². The van der Waals surface area contributed by atoms with E-state index in [1.165, 1.54) is 5.56 Å². The van der Waals surface area contributed by atoms with E-state index in [9.17, 15) is 0 Å². The molecule has 2 aromatic rings. The molecule has 114 valence electrons. The number of ether oxygens (including phenoxy) is 1. The Hall–Kier alpha value is -1.45. The monoisotopic (exact) mass is 307 g/mol. The highest BCUT2D eigenvalue weighted by Crippen LogP contribution is 2.26. The lowest BCUT2D eigenvalue weighted by atomic mass is 10.2. The van der Waals surface area contributed by atoms with Gasteiger partial charge in [0.25, 0.3) is 0 Å². The molecule has 1 aromatic heterocycles. The van der Waals surface area contributed by atoms with E-state index < -0.39 is 0 Å². The summed E-state index contributed by atoms with van der Waals surface area (Å²) in [6.07, 6.45) is 1.12. The van der Waals surface area contributed by atoms with E-state index in [-0.39, 0.29) is 0 Å². The highest BCUT2D eigenvalue weighted by atomic mass is 35.5. The molecule has 2 rings (SSSR count). The molecule has 0 unspecified atom stereocenters. The van der Waals surface area contributed by atoms with Crippen LogP contribution in [0.4, 0.5) is 0 Å². The first kappa shape index (κ1) is 15.9. The lowest BCUT2D eigenvalue weighted by Crippen LogP contribution is -2.13. The summed E-state index contributed by atoms with van der Waals surface area (Å²) in [5.74, 6) is 2.44. The maximum atomic E-state index is 6.15. The Morgan fingerprint density at radius 2 is 2.05 bits per heavy atom. The second-order valence-corrected chi connectivity index (χ2v) is 5.60. The van der Waals surface area contributed by atoms with E-state index in [0.29, 0.717) is 17.4 Å². The van der Waals surface area contributed by atoms with Crippen LogP contribution in [-0.4, -0.2) is 6.54 Å². The van der Waals surface area contributed by atoms with Gasteiger partial charge in [-0.15, -0.1) is 0 Å². The zero-order valence-corrected chi connectivity index (χ0v) is 13.6. The number of furan rings is 1. The number of aryl methyl sites for hydroxylation is 2. The molecule has 4 heteroatoms. The Balaban J connectivity index is 1.95. The van der Waals surface area contributed by atoms with E-state index in [4.69, 9.17) is 20.8 Å². The minimum absolute atomic E-state index is 0.386. The quantitative estimate of drug-likeness (QED) is 0.757.